The average molecular weight is 487 g/mol. The maximum absolute atomic E-state index is 6.14. The summed E-state index contributed by atoms with van der Waals surface area (Å²) >= 11 is 1.97. The molecule has 1 aliphatic heterocycles. The number of nitrogens with zero attached hydrogens (tertiary/aromatic N) is 2. The van der Waals surface area contributed by atoms with Crippen molar-refractivity contribution in [2.75, 3.05) is 6.54 Å². The van der Waals surface area contributed by atoms with E-state index in [4.69, 9.17) is 14.1 Å². The summed E-state index contributed by atoms with van der Waals surface area (Å²) < 4.78 is 11.9. The van der Waals surface area contributed by atoms with E-state index < -0.39 is 0 Å². The minimum atomic E-state index is 0.152. The van der Waals surface area contributed by atoms with Crippen LogP contribution in [0.5, 0.6) is 5.75 Å². The van der Waals surface area contributed by atoms with Crippen LogP contribution in [0.3, 0.4) is 0 Å². The lowest BCUT2D eigenvalue weighted by atomic mass is 9.91. The second-order valence-corrected chi connectivity index (χ2v) is 10.8. The van der Waals surface area contributed by atoms with Crippen molar-refractivity contribution < 1.29 is 9.15 Å². The fraction of sp³-hybridized carbons (Fsp3) is 0.367. The fourth-order valence-electron chi connectivity index (χ4n) is 5.16. The van der Waals surface area contributed by atoms with E-state index in [1.54, 1.807) is 11.1 Å². The van der Waals surface area contributed by atoms with Crippen LogP contribution in [0, 0.1) is 13.8 Å². The first-order chi connectivity index (χ1) is 16.9. The van der Waals surface area contributed by atoms with Gasteiger partial charge in [0, 0.05) is 28.4 Å². The van der Waals surface area contributed by atoms with E-state index in [0.717, 1.165) is 48.7 Å². The monoisotopic (exact) mass is 486 g/mol. The summed E-state index contributed by atoms with van der Waals surface area (Å²) in [6, 6.07) is 19.2. The number of aromatic nitrogens is 1. The highest BCUT2D eigenvalue weighted by Gasteiger charge is 2.33. The lowest BCUT2D eigenvalue weighted by Gasteiger charge is -2.36. The highest BCUT2D eigenvalue weighted by atomic mass is 32.1. The number of fused-ring (bicyclic) bond motifs is 1. The molecular formula is C30H34N2O2S. The van der Waals surface area contributed by atoms with Crippen LogP contribution in [-0.4, -0.2) is 22.5 Å². The SMILES string of the molecule is CCc1c(C)sc2c1CCN(Cc1nc(-c3ccc(OC(C)C)cc3)oc1C)[C@@H]2c1ccccc1. The van der Waals surface area contributed by atoms with Gasteiger partial charge in [0.15, 0.2) is 0 Å². The number of thiophene rings is 1. The normalized spacial score (nSPS) is 16.0. The van der Waals surface area contributed by atoms with Gasteiger partial charge in [-0.15, -0.1) is 11.3 Å². The van der Waals surface area contributed by atoms with E-state index in [2.05, 4.69) is 49.1 Å². The molecule has 0 amide bonds. The second kappa shape index (κ2) is 10.00. The quantitative estimate of drug-likeness (QED) is 0.271. The Balaban J connectivity index is 1.44. The van der Waals surface area contributed by atoms with Crippen LogP contribution in [0.25, 0.3) is 11.5 Å². The summed E-state index contributed by atoms with van der Waals surface area (Å²) in [5.41, 5.74) is 6.45. The van der Waals surface area contributed by atoms with Crippen molar-refractivity contribution in [3.63, 3.8) is 0 Å². The van der Waals surface area contributed by atoms with Crippen LogP contribution in [0.15, 0.2) is 59.0 Å². The van der Waals surface area contributed by atoms with Gasteiger partial charge in [-0.2, -0.15) is 0 Å². The largest absolute Gasteiger partial charge is 0.491 e. The Morgan fingerprint density at radius 1 is 1.09 bits per heavy atom. The van der Waals surface area contributed by atoms with Gasteiger partial charge in [0.05, 0.1) is 17.8 Å². The lowest BCUT2D eigenvalue weighted by molar-refractivity contribution is 0.204. The molecule has 35 heavy (non-hydrogen) atoms. The first-order valence-electron chi connectivity index (χ1n) is 12.6. The van der Waals surface area contributed by atoms with Crippen molar-refractivity contribution >= 4 is 11.3 Å². The maximum Gasteiger partial charge on any atom is 0.226 e. The molecule has 182 valence electrons. The predicted octanol–water partition coefficient (Wildman–Crippen LogP) is 7.52. The van der Waals surface area contributed by atoms with Gasteiger partial charge in [-0.1, -0.05) is 37.3 Å². The number of ether oxygens (including phenoxy) is 1. The van der Waals surface area contributed by atoms with Gasteiger partial charge in [-0.05, 0) is 81.5 Å². The molecule has 0 saturated heterocycles. The third kappa shape index (κ3) is 4.80. The molecule has 2 aromatic heterocycles. The third-order valence-corrected chi connectivity index (χ3v) is 8.04. The molecule has 1 atom stereocenters. The second-order valence-electron chi connectivity index (χ2n) is 9.58. The molecule has 0 N–H and O–H groups in total. The zero-order valence-electron chi connectivity index (χ0n) is 21.3. The summed E-state index contributed by atoms with van der Waals surface area (Å²) in [5, 5.41) is 0. The number of hydrogen-bond acceptors (Lipinski definition) is 5. The molecule has 4 aromatic rings. The summed E-state index contributed by atoms with van der Waals surface area (Å²) in [6.45, 7) is 12.4. The molecule has 0 spiro atoms. The Bertz CT molecular complexity index is 1290. The van der Waals surface area contributed by atoms with Crippen molar-refractivity contribution in [3.8, 4) is 17.2 Å². The molecule has 5 heteroatoms. The van der Waals surface area contributed by atoms with Gasteiger partial charge in [0.1, 0.15) is 11.5 Å². The summed E-state index contributed by atoms with van der Waals surface area (Å²) in [5.74, 6) is 2.42. The molecule has 4 nitrogen and oxygen atoms in total. The first kappa shape index (κ1) is 23.8. The van der Waals surface area contributed by atoms with E-state index in [-0.39, 0.29) is 12.1 Å². The Kier molecular flexibility index (Phi) is 6.81. The number of hydrogen-bond donors (Lipinski definition) is 0. The number of oxazole rings is 1. The fourth-order valence-corrected chi connectivity index (χ4v) is 6.63. The Hall–Kier alpha value is -2.89. The zero-order chi connectivity index (χ0) is 24.5. The van der Waals surface area contributed by atoms with Crippen molar-refractivity contribution in [2.24, 2.45) is 0 Å². The molecular weight excluding hydrogens is 452 g/mol. The van der Waals surface area contributed by atoms with E-state index in [1.807, 2.05) is 56.4 Å². The zero-order valence-corrected chi connectivity index (χ0v) is 22.1. The molecule has 0 radical (unpaired) electrons. The van der Waals surface area contributed by atoms with E-state index >= 15 is 0 Å². The van der Waals surface area contributed by atoms with E-state index in [0.29, 0.717) is 5.89 Å². The van der Waals surface area contributed by atoms with Gasteiger partial charge in [-0.25, -0.2) is 4.98 Å². The summed E-state index contributed by atoms with van der Waals surface area (Å²) in [6.07, 6.45) is 2.35. The number of aryl methyl sites for hydroxylation is 2. The van der Waals surface area contributed by atoms with E-state index in [1.165, 1.54) is 15.3 Å². The Morgan fingerprint density at radius 2 is 1.83 bits per heavy atom. The van der Waals surface area contributed by atoms with Crippen molar-refractivity contribution in [3.05, 3.63) is 92.5 Å². The number of benzene rings is 2. The van der Waals surface area contributed by atoms with Gasteiger partial charge >= 0.3 is 0 Å². The third-order valence-electron chi connectivity index (χ3n) is 6.80. The molecule has 2 aromatic carbocycles. The van der Waals surface area contributed by atoms with Crippen LogP contribution in [0.1, 0.15) is 64.7 Å². The van der Waals surface area contributed by atoms with Crippen molar-refractivity contribution in [2.45, 2.75) is 66.2 Å². The lowest BCUT2D eigenvalue weighted by Crippen LogP contribution is -2.35. The molecule has 0 saturated carbocycles. The van der Waals surface area contributed by atoms with Crippen molar-refractivity contribution in [1.29, 1.82) is 0 Å². The predicted molar refractivity (Wildman–Crippen MR) is 143 cm³/mol. The minimum absolute atomic E-state index is 0.152. The molecule has 5 rings (SSSR count). The topological polar surface area (TPSA) is 38.5 Å². The van der Waals surface area contributed by atoms with Gasteiger partial charge in [0.2, 0.25) is 5.89 Å². The van der Waals surface area contributed by atoms with Crippen LogP contribution < -0.4 is 4.74 Å². The first-order valence-corrected chi connectivity index (χ1v) is 13.4. The number of rotatable bonds is 7. The van der Waals surface area contributed by atoms with Gasteiger partial charge in [-0.3, -0.25) is 4.90 Å². The molecule has 0 bridgehead atoms. The summed E-state index contributed by atoms with van der Waals surface area (Å²) in [4.78, 5) is 10.5. The highest BCUT2D eigenvalue weighted by Crippen LogP contribution is 2.43. The van der Waals surface area contributed by atoms with Gasteiger partial charge in [0.25, 0.3) is 0 Å². The van der Waals surface area contributed by atoms with Crippen LogP contribution in [0.2, 0.25) is 0 Å². The Labute approximate surface area is 212 Å². The van der Waals surface area contributed by atoms with E-state index in [9.17, 15) is 0 Å². The van der Waals surface area contributed by atoms with Crippen LogP contribution >= 0.6 is 11.3 Å². The molecule has 3 heterocycles. The molecule has 1 aliphatic rings. The van der Waals surface area contributed by atoms with Gasteiger partial charge < -0.3 is 9.15 Å². The van der Waals surface area contributed by atoms with Crippen molar-refractivity contribution in [1.82, 2.24) is 9.88 Å². The standard InChI is InChI=1S/C30H34N2O2S/c1-6-25-21(5)35-29-26(25)16-17-32(28(29)22-10-8-7-9-11-22)18-27-20(4)34-30(31-27)23-12-14-24(15-13-23)33-19(2)3/h7-15,19,28H,6,16-18H2,1-5H3/t28-/m1/s1. The maximum atomic E-state index is 6.14. The van der Waals surface area contributed by atoms with Crippen LogP contribution in [0.4, 0.5) is 0 Å². The highest BCUT2D eigenvalue weighted by molar-refractivity contribution is 7.12. The van der Waals surface area contributed by atoms with Crippen LogP contribution in [-0.2, 0) is 19.4 Å². The molecule has 0 aliphatic carbocycles. The molecule has 0 fully saturated rings. The Morgan fingerprint density at radius 3 is 2.51 bits per heavy atom. The minimum Gasteiger partial charge on any atom is -0.491 e. The summed E-state index contributed by atoms with van der Waals surface area (Å²) in [7, 11) is 0. The smallest absolute Gasteiger partial charge is 0.226 e. The molecule has 0 unspecified atom stereocenters. The average Bonchev–Trinajstić information content (AvgIpc) is 3.37.